The van der Waals surface area contributed by atoms with Crippen LogP contribution in [0.15, 0.2) is 21.8 Å². The van der Waals surface area contributed by atoms with E-state index in [0.717, 1.165) is 18.5 Å². The summed E-state index contributed by atoms with van der Waals surface area (Å²) in [5.74, 6) is 0.202. The SMILES string of the molecule is C=NC(N)=N/C=C1\Cc2nn(C)c(C)c2C(C)(C)C1. The van der Waals surface area contributed by atoms with Crippen molar-refractivity contribution >= 4 is 12.7 Å². The maximum Gasteiger partial charge on any atom is 0.219 e. The van der Waals surface area contributed by atoms with Gasteiger partial charge in [0.2, 0.25) is 5.96 Å². The monoisotopic (exact) mass is 259 g/mol. The Balaban J connectivity index is 2.41. The number of nitrogens with zero attached hydrogens (tertiary/aromatic N) is 4. The van der Waals surface area contributed by atoms with E-state index in [1.54, 1.807) is 6.20 Å². The van der Waals surface area contributed by atoms with Gasteiger partial charge in [0.15, 0.2) is 0 Å². The Kier molecular flexibility index (Phi) is 3.30. The lowest BCUT2D eigenvalue weighted by Crippen LogP contribution is -2.25. The number of fused-ring (bicyclic) bond motifs is 1. The van der Waals surface area contributed by atoms with E-state index in [-0.39, 0.29) is 11.4 Å². The number of nitrogens with two attached hydrogens (primary N) is 1. The van der Waals surface area contributed by atoms with Crippen molar-refractivity contribution in [2.75, 3.05) is 0 Å². The Morgan fingerprint density at radius 1 is 1.53 bits per heavy atom. The molecule has 1 aliphatic rings. The quantitative estimate of drug-likeness (QED) is 0.617. The van der Waals surface area contributed by atoms with Crippen LogP contribution >= 0.6 is 0 Å². The Labute approximate surface area is 113 Å². The predicted molar refractivity (Wildman–Crippen MR) is 78.5 cm³/mol. The zero-order valence-corrected chi connectivity index (χ0v) is 12.1. The van der Waals surface area contributed by atoms with Gasteiger partial charge in [-0.3, -0.25) is 4.68 Å². The van der Waals surface area contributed by atoms with Gasteiger partial charge in [-0.05, 0) is 31.1 Å². The van der Waals surface area contributed by atoms with E-state index in [2.05, 4.69) is 42.6 Å². The van der Waals surface area contributed by atoms with Gasteiger partial charge < -0.3 is 5.73 Å². The molecule has 0 bridgehead atoms. The first-order valence-corrected chi connectivity index (χ1v) is 6.36. The number of hydrogen-bond acceptors (Lipinski definition) is 2. The minimum absolute atomic E-state index is 0.0731. The summed E-state index contributed by atoms with van der Waals surface area (Å²) in [6.07, 6.45) is 3.59. The third kappa shape index (κ3) is 2.45. The van der Waals surface area contributed by atoms with Crippen molar-refractivity contribution in [1.82, 2.24) is 9.78 Å². The third-order valence-corrected chi connectivity index (χ3v) is 3.69. The van der Waals surface area contributed by atoms with E-state index >= 15 is 0 Å². The molecule has 1 aromatic rings. The molecule has 1 aromatic heterocycles. The van der Waals surface area contributed by atoms with E-state index in [9.17, 15) is 0 Å². The van der Waals surface area contributed by atoms with Crippen LogP contribution in [0.4, 0.5) is 0 Å². The second kappa shape index (κ2) is 4.64. The average Bonchev–Trinajstić information content (AvgIpc) is 2.61. The molecule has 0 amide bonds. The highest BCUT2D eigenvalue weighted by molar-refractivity contribution is 5.82. The largest absolute Gasteiger partial charge is 0.368 e. The van der Waals surface area contributed by atoms with Gasteiger partial charge in [0.1, 0.15) is 0 Å². The van der Waals surface area contributed by atoms with E-state index in [1.165, 1.54) is 16.8 Å². The molecule has 5 heteroatoms. The first-order valence-electron chi connectivity index (χ1n) is 6.36. The van der Waals surface area contributed by atoms with Crippen LogP contribution in [-0.4, -0.2) is 22.5 Å². The van der Waals surface area contributed by atoms with Gasteiger partial charge in [-0.1, -0.05) is 13.8 Å². The molecule has 0 spiro atoms. The molecule has 0 aromatic carbocycles. The summed E-state index contributed by atoms with van der Waals surface area (Å²) >= 11 is 0. The van der Waals surface area contributed by atoms with Gasteiger partial charge in [0.25, 0.3) is 0 Å². The molecular formula is C14H21N5. The molecule has 0 saturated heterocycles. The third-order valence-electron chi connectivity index (χ3n) is 3.69. The van der Waals surface area contributed by atoms with Crippen LogP contribution in [0.1, 0.15) is 37.2 Å². The first kappa shape index (κ1) is 13.5. The topological polar surface area (TPSA) is 68.6 Å². The molecule has 2 N–H and O–H groups in total. The van der Waals surface area contributed by atoms with Crippen molar-refractivity contribution in [3.63, 3.8) is 0 Å². The molecule has 19 heavy (non-hydrogen) atoms. The summed E-state index contributed by atoms with van der Waals surface area (Å²) < 4.78 is 1.96. The molecule has 0 saturated carbocycles. The van der Waals surface area contributed by atoms with Crippen LogP contribution in [0.25, 0.3) is 0 Å². The molecule has 0 fully saturated rings. The summed E-state index contributed by atoms with van der Waals surface area (Å²) in [7, 11) is 1.99. The summed E-state index contributed by atoms with van der Waals surface area (Å²) in [5, 5.41) is 4.60. The highest BCUT2D eigenvalue weighted by Gasteiger charge is 2.34. The average molecular weight is 259 g/mol. The predicted octanol–water partition coefficient (Wildman–Crippen LogP) is 1.85. The van der Waals surface area contributed by atoms with Crippen molar-refractivity contribution in [2.24, 2.45) is 22.8 Å². The van der Waals surface area contributed by atoms with Crippen LogP contribution < -0.4 is 5.73 Å². The van der Waals surface area contributed by atoms with E-state index < -0.39 is 0 Å². The molecule has 0 aliphatic heterocycles. The second-order valence-electron chi connectivity index (χ2n) is 5.70. The number of guanidine groups is 1. The van der Waals surface area contributed by atoms with E-state index in [1.807, 2.05) is 11.7 Å². The van der Waals surface area contributed by atoms with Gasteiger partial charge >= 0.3 is 0 Å². The lowest BCUT2D eigenvalue weighted by molar-refractivity contribution is 0.487. The molecule has 102 valence electrons. The Hall–Kier alpha value is -1.91. The highest BCUT2D eigenvalue weighted by Crippen LogP contribution is 2.40. The van der Waals surface area contributed by atoms with Crippen LogP contribution in [0.2, 0.25) is 0 Å². The number of aliphatic imine (C=N–C) groups is 2. The van der Waals surface area contributed by atoms with Gasteiger partial charge in [0, 0.05) is 30.9 Å². The van der Waals surface area contributed by atoms with E-state index in [0.29, 0.717) is 0 Å². The lowest BCUT2D eigenvalue weighted by atomic mass is 9.72. The number of allylic oxidation sites excluding steroid dienone is 1. The molecule has 1 aliphatic carbocycles. The van der Waals surface area contributed by atoms with Crippen molar-refractivity contribution < 1.29 is 0 Å². The molecule has 0 atom stereocenters. The number of hydrogen-bond donors (Lipinski definition) is 1. The van der Waals surface area contributed by atoms with E-state index in [4.69, 9.17) is 5.73 Å². The van der Waals surface area contributed by atoms with Crippen LogP contribution in [0, 0.1) is 6.92 Å². The molecule has 0 radical (unpaired) electrons. The molecule has 5 nitrogen and oxygen atoms in total. The fraction of sp³-hybridized carbons (Fsp3) is 0.500. The minimum Gasteiger partial charge on any atom is -0.368 e. The van der Waals surface area contributed by atoms with Gasteiger partial charge in [-0.2, -0.15) is 5.10 Å². The van der Waals surface area contributed by atoms with Crippen LogP contribution in [-0.2, 0) is 18.9 Å². The fourth-order valence-electron chi connectivity index (χ4n) is 2.90. The molecule has 1 heterocycles. The number of aromatic nitrogens is 2. The number of aryl methyl sites for hydroxylation is 1. The Morgan fingerprint density at radius 2 is 2.21 bits per heavy atom. The minimum atomic E-state index is 0.0731. The van der Waals surface area contributed by atoms with Crippen molar-refractivity contribution in [1.29, 1.82) is 0 Å². The highest BCUT2D eigenvalue weighted by atomic mass is 15.3. The fourth-order valence-corrected chi connectivity index (χ4v) is 2.90. The normalized spacial score (nSPS) is 20.4. The molecular weight excluding hydrogens is 238 g/mol. The van der Waals surface area contributed by atoms with Crippen LogP contribution in [0.3, 0.4) is 0 Å². The Morgan fingerprint density at radius 3 is 2.84 bits per heavy atom. The van der Waals surface area contributed by atoms with Gasteiger partial charge in [-0.15, -0.1) is 0 Å². The lowest BCUT2D eigenvalue weighted by Gasteiger charge is -2.31. The maximum absolute atomic E-state index is 5.54. The van der Waals surface area contributed by atoms with Crippen molar-refractivity contribution in [3.8, 4) is 0 Å². The molecule has 0 unspecified atom stereocenters. The number of rotatable bonds is 1. The van der Waals surface area contributed by atoms with Gasteiger partial charge in [-0.25, -0.2) is 9.98 Å². The van der Waals surface area contributed by atoms with Crippen molar-refractivity contribution in [2.45, 2.75) is 39.0 Å². The first-order chi connectivity index (χ1) is 8.85. The Bertz CT molecular complexity index is 575. The summed E-state index contributed by atoms with van der Waals surface area (Å²) in [6, 6.07) is 0. The zero-order chi connectivity index (χ0) is 14.2. The smallest absolute Gasteiger partial charge is 0.219 e. The summed E-state index contributed by atoms with van der Waals surface area (Å²) in [4.78, 5) is 7.69. The molecule has 2 rings (SSSR count). The zero-order valence-electron chi connectivity index (χ0n) is 12.1. The summed E-state index contributed by atoms with van der Waals surface area (Å²) in [5.41, 5.74) is 10.6. The second-order valence-corrected chi connectivity index (χ2v) is 5.70. The standard InChI is InChI=1S/C14H21N5/c1-9-12-11(18-19(9)5)6-10(7-14(12,2)3)8-17-13(15)16-4/h8H,4,6-7H2,1-3,5H3,(H2,15,17)/b10-8+. The summed E-state index contributed by atoms with van der Waals surface area (Å²) in [6.45, 7) is 9.96. The van der Waals surface area contributed by atoms with Gasteiger partial charge in [0.05, 0.1) is 5.69 Å². The maximum atomic E-state index is 5.54. The van der Waals surface area contributed by atoms with Crippen molar-refractivity contribution in [3.05, 3.63) is 28.7 Å². The van der Waals surface area contributed by atoms with Crippen LogP contribution in [0.5, 0.6) is 0 Å².